The number of ether oxygens (including phenoxy) is 2. The number of amides is 1. The predicted molar refractivity (Wildman–Crippen MR) is 126 cm³/mol. The molecule has 172 valence electrons. The second-order valence-corrected chi connectivity index (χ2v) is 8.37. The van der Waals surface area contributed by atoms with Crippen molar-refractivity contribution in [3.8, 4) is 17.0 Å². The number of carbonyl (C=O) groups is 2. The topological polar surface area (TPSA) is 107 Å². The molecular weight excluding hydrogens is 442 g/mol. The lowest BCUT2D eigenvalue weighted by Crippen LogP contribution is -2.38. The number of carbonyl (C=O) groups excluding carboxylic acids is 2. The standard InChI is InChI=1S/C23H25N5O4S/c1-3-32-22(30)19-14-33-23(24-19)25-21(29)16-10-12-28(13-11-16)20-9-8-18(26-27-20)15-4-6-17(31-2)7-5-15/h4-9,14,16H,3,10-13H2,1-2H3,(H,24,25,29). The Labute approximate surface area is 195 Å². The Morgan fingerprint density at radius 2 is 1.88 bits per heavy atom. The molecule has 3 aromatic rings. The van der Waals surface area contributed by atoms with E-state index < -0.39 is 5.97 Å². The molecule has 1 aromatic carbocycles. The molecule has 1 amide bonds. The summed E-state index contributed by atoms with van der Waals surface area (Å²) in [5.41, 5.74) is 1.98. The molecule has 9 nitrogen and oxygen atoms in total. The van der Waals surface area contributed by atoms with Crippen LogP contribution in [0.15, 0.2) is 41.8 Å². The van der Waals surface area contributed by atoms with Crippen molar-refractivity contribution >= 4 is 34.2 Å². The van der Waals surface area contributed by atoms with E-state index in [9.17, 15) is 9.59 Å². The number of methoxy groups -OCH3 is 1. The van der Waals surface area contributed by atoms with Gasteiger partial charge in [0, 0.05) is 30.0 Å². The van der Waals surface area contributed by atoms with E-state index in [2.05, 4.69) is 25.4 Å². The summed E-state index contributed by atoms with van der Waals surface area (Å²) in [6, 6.07) is 11.6. The molecule has 1 aliphatic rings. The third-order valence-electron chi connectivity index (χ3n) is 5.44. The summed E-state index contributed by atoms with van der Waals surface area (Å²) in [4.78, 5) is 30.7. The van der Waals surface area contributed by atoms with Crippen molar-refractivity contribution in [2.45, 2.75) is 19.8 Å². The lowest BCUT2D eigenvalue weighted by atomic mass is 9.96. The van der Waals surface area contributed by atoms with E-state index in [1.807, 2.05) is 36.4 Å². The molecule has 4 rings (SSSR count). The van der Waals surface area contributed by atoms with Gasteiger partial charge < -0.3 is 19.7 Å². The molecule has 0 unspecified atom stereocenters. The number of piperidine rings is 1. The van der Waals surface area contributed by atoms with Crippen LogP contribution in [-0.2, 0) is 9.53 Å². The van der Waals surface area contributed by atoms with E-state index in [4.69, 9.17) is 9.47 Å². The first-order valence-corrected chi connectivity index (χ1v) is 11.6. The first-order valence-electron chi connectivity index (χ1n) is 10.7. The minimum absolute atomic E-state index is 0.0830. The van der Waals surface area contributed by atoms with Crippen LogP contribution in [0.1, 0.15) is 30.3 Å². The van der Waals surface area contributed by atoms with Gasteiger partial charge in [-0.05, 0) is 56.2 Å². The van der Waals surface area contributed by atoms with Gasteiger partial charge >= 0.3 is 5.97 Å². The van der Waals surface area contributed by atoms with Gasteiger partial charge in [0.15, 0.2) is 16.6 Å². The molecule has 1 N–H and O–H groups in total. The molecule has 2 aromatic heterocycles. The summed E-state index contributed by atoms with van der Waals surface area (Å²) in [7, 11) is 1.64. The summed E-state index contributed by atoms with van der Waals surface area (Å²) in [5, 5.41) is 13.6. The summed E-state index contributed by atoms with van der Waals surface area (Å²) in [6.45, 7) is 3.44. The van der Waals surface area contributed by atoms with E-state index in [0.717, 1.165) is 22.8 Å². The Kier molecular flexibility index (Phi) is 7.13. The summed E-state index contributed by atoms with van der Waals surface area (Å²) < 4.78 is 10.1. The van der Waals surface area contributed by atoms with E-state index in [1.165, 1.54) is 11.3 Å². The highest BCUT2D eigenvalue weighted by Crippen LogP contribution is 2.26. The number of hydrogen-bond donors (Lipinski definition) is 1. The van der Waals surface area contributed by atoms with Gasteiger partial charge in [-0.1, -0.05) is 0 Å². The Hall–Kier alpha value is -3.53. The van der Waals surface area contributed by atoms with Crippen LogP contribution >= 0.6 is 11.3 Å². The SMILES string of the molecule is CCOC(=O)c1csc(NC(=O)C2CCN(c3ccc(-c4ccc(OC)cc4)nn3)CC2)n1. The second kappa shape index (κ2) is 10.4. The number of benzene rings is 1. The third-order valence-corrected chi connectivity index (χ3v) is 6.20. The Bertz CT molecular complexity index is 1090. The van der Waals surface area contributed by atoms with Crippen LogP contribution in [0, 0.1) is 5.92 Å². The van der Waals surface area contributed by atoms with Gasteiger partial charge in [-0.25, -0.2) is 9.78 Å². The van der Waals surface area contributed by atoms with Crippen LogP contribution < -0.4 is 15.0 Å². The zero-order valence-corrected chi connectivity index (χ0v) is 19.3. The predicted octanol–water partition coefficient (Wildman–Crippen LogP) is 3.64. The smallest absolute Gasteiger partial charge is 0.357 e. The molecule has 10 heteroatoms. The molecule has 33 heavy (non-hydrogen) atoms. The van der Waals surface area contributed by atoms with E-state index >= 15 is 0 Å². The lowest BCUT2D eigenvalue weighted by molar-refractivity contribution is -0.120. The maximum atomic E-state index is 12.6. The van der Waals surface area contributed by atoms with Gasteiger partial charge in [0.1, 0.15) is 5.75 Å². The maximum absolute atomic E-state index is 12.6. The number of rotatable bonds is 7. The molecule has 0 bridgehead atoms. The Morgan fingerprint density at radius 3 is 2.52 bits per heavy atom. The first-order chi connectivity index (χ1) is 16.1. The molecule has 0 saturated carbocycles. The van der Waals surface area contributed by atoms with Crippen molar-refractivity contribution < 1.29 is 19.1 Å². The average Bonchev–Trinajstić information content (AvgIpc) is 3.33. The fourth-order valence-corrected chi connectivity index (χ4v) is 4.30. The molecule has 0 spiro atoms. The van der Waals surface area contributed by atoms with Crippen LogP contribution in [-0.4, -0.2) is 53.9 Å². The maximum Gasteiger partial charge on any atom is 0.357 e. The summed E-state index contributed by atoms with van der Waals surface area (Å²) in [6.07, 6.45) is 1.40. The molecule has 0 aliphatic carbocycles. The number of nitrogens with zero attached hydrogens (tertiary/aromatic N) is 4. The van der Waals surface area contributed by atoms with Crippen molar-refractivity contribution in [1.82, 2.24) is 15.2 Å². The quantitative estimate of drug-likeness (QED) is 0.525. The highest BCUT2D eigenvalue weighted by Gasteiger charge is 2.26. The number of esters is 1. The van der Waals surface area contributed by atoms with Crippen LogP contribution in [0.5, 0.6) is 5.75 Å². The first kappa shape index (κ1) is 22.7. The molecule has 1 fully saturated rings. The van der Waals surface area contributed by atoms with Crippen LogP contribution in [0.4, 0.5) is 10.9 Å². The monoisotopic (exact) mass is 467 g/mol. The van der Waals surface area contributed by atoms with Crippen molar-refractivity contribution in [3.63, 3.8) is 0 Å². The van der Waals surface area contributed by atoms with Gasteiger partial charge in [0.05, 0.1) is 19.4 Å². The number of aromatic nitrogens is 3. The van der Waals surface area contributed by atoms with Crippen molar-refractivity contribution in [3.05, 3.63) is 47.5 Å². The third kappa shape index (κ3) is 5.46. The molecule has 0 radical (unpaired) electrons. The minimum Gasteiger partial charge on any atom is -0.497 e. The van der Waals surface area contributed by atoms with Crippen molar-refractivity contribution in [2.75, 3.05) is 37.0 Å². The van der Waals surface area contributed by atoms with Gasteiger partial charge in [-0.15, -0.1) is 21.5 Å². The molecule has 0 atom stereocenters. The molecule has 3 heterocycles. The molecule has 1 saturated heterocycles. The van der Waals surface area contributed by atoms with Gasteiger partial charge in [-0.2, -0.15) is 0 Å². The Balaban J connectivity index is 1.30. The highest BCUT2D eigenvalue weighted by atomic mass is 32.1. The summed E-state index contributed by atoms with van der Waals surface area (Å²) >= 11 is 1.22. The van der Waals surface area contributed by atoms with Crippen molar-refractivity contribution in [2.24, 2.45) is 5.92 Å². The van der Waals surface area contributed by atoms with Gasteiger partial charge in [0.2, 0.25) is 5.91 Å². The zero-order valence-electron chi connectivity index (χ0n) is 18.5. The molecule has 1 aliphatic heterocycles. The zero-order chi connectivity index (χ0) is 23.2. The number of thiazole rings is 1. The minimum atomic E-state index is -0.485. The average molecular weight is 468 g/mol. The number of anilines is 2. The highest BCUT2D eigenvalue weighted by molar-refractivity contribution is 7.14. The van der Waals surface area contributed by atoms with E-state index in [-0.39, 0.29) is 24.1 Å². The fraction of sp³-hybridized carbons (Fsp3) is 0.348. The Morgan fingerprint density at radius 1 is 1.12 bits per heavy atom. The fourth-order valence-electron chi connectivity index (χ4n) is 3.62. The van der Waals surface area contributed by atoms with Gasteiger partial charge in [-0.3, -0.25) is 4.79 Å². The molecular formula is C23H25N5O4S. The lowest BCUT2D eigenvalue weighted by Gasteiger charge is -2.31. The summed E-state index contributed by atoms with van der Waals surface area (Å²) in [5.74, 6) is 0.902. The van der Waals surface area contributed by atoms with Crippen LogP contribution in [0.25, 0.3) is 11.3 Å². The van der Waals surface area contributed by atoms with Gasteiger partial charge in [0.25, 0.3) is 0 Å². The second-order valence-electron chi connectivity index (χ2n) is 7.51. The largest absolute Gasteiger partial charge is 0.497 e. The number of hydrogen-bond acceptors (Lipinski definition) is 9. The van der Waals surface area contributed by atoms with Crippen LogP contribution in [0.2, 0.25) is 0 Å². The normalized spacial score (nSPS) is 14.1. The number of nitrogens with one attached hydrogen (secondary N) is 1. The van der Waals surface area contributed by atoms with E-state index in [1.54, 1.807) is 19.4 Å². The van der Waals surface area contributed by atoms with Crippen LogP contribution in [0.3, 0.4) is 0 Å². The van der Waals surface area contributed by atoms with Crippen molar-refractivity contribution in [1.29, 1.82) is 0 Å². The van der Waals surface area contributed by atoms with E-state index in [0.29, 0.717) is 31.1 Å².